The number of piperidine rings is 1. The maximum atomic E-state index is 11.4. The molecule has 1 fully saturated rings. The van der Waals surface area contributed by atoms with Crippen LogP contribution in [0.3, 0.4) is 0 Å². The Morgan fingerprint density at radius 1 is 1.61 bits per heavy atom. The normalized spacial score (nSPS) is 19.9. The molecule has 1 aromatic heterocycles. The predicted molar refractivity (Wildman–Crippen MR) is 71.2 cm³/mol. The van der Waals surface area contributed by atoms with E-state index in [1.165, 1.54) is 6.42 Å². The molecule has 0 spiro atoms. The van der Waals surface area contributed by atoms with Crippen molar-refractivity contribution < 1.29 is 9.90 Å². The number of carbonyl (C=O) groups is 1. The molecule has 0 bridgehead atoms. The Balaban J connectivity index is 2.32. The smallest absolute Gasteiger partial charge is 0.339 e. The summed E-state index contributed by atoms with van der Waals surface area (Å²) in [7, 11) is 0. The molecule has 1 saturated heterocycles. The van der Waals surface area contributed by atoms with Gasteiger partial charge in [0.2, 0.25) is 0 Å². The molecule has 1 N–H and O–H groups in total. The van der Waals surface area contributed by atoms with Gasteiger partial charge in [-0.25, -0.2) is 9.78 Å². The van der Waals surface area contributed by atoms with Crippen LogP contribution >= 0.6 is 0 Å². The molecular weight excluding hydrogens is 228 g/mol. The minimum atomic E-state index is -0.880. The van der Waals surface area contributed by atoms with Crippen molar-refractivity contribution in [1.82, 2.24) is 4.98 Å². The molecule has 1 unspecified atom stereocenters. The molecule has 0 amide bonds. The van der Waals surface area contributed by atoms with Gasteiger partial charge in [-0.05, 0) is 37.3 Å². The highest BCUT2D eigenvalue weighted by Gasteiger charge is 2.24. The van der Waals surface area contributed by atoms with Crippen LogP contribution in [0.1, 0.15) is 42.1 Å². The number of aromatic nitrogens is 1. The van der Waals surface area contributed by atoms with Crippen molar-refractivity contribution in [2.45, 2.75) is 33.1 Å². The average molecular weight is 248 g/mol. The van der Waals surface area contributed by atoms with Crippen LogP contribution in [0.5, 0.6) is 0 Å². The molecule has 0 radical (unpaired) electrons. The van der Waals surface area contributed by atoms with Gasteiger partial charge in [-0.15, -0.1) is 0 Å². The summed E-state index contributed by atoms with van der Waals surface area (Å²) >= 11 is 0. The Morgan fingerprint density at radius 2 is 2.39 bits per heavy atom. The summed E-state index contributed by atoms with van der Waals surface area (Å²) in [4.78, 5) is 17.8. The molecule has 18 heavy (non-hydrogen) atoms. The third kappa shape index (κ3) is 2.47. The molecule has 1 atom stereocenters. The molecule has 0 aliphatic carbocycles. The highest BCUT2D eigenvalue weighted by atomic mass is 16.4. The summed E-state index contributed by atoms with van der Waals surface area (Å²) in [6.07, 6.45) is 5.20. The third-order valence-electron chi connectivity index (χ3n) is 3.75. The van der Waals surface area contributed by atoms with Crippen molar-refractivity contribution in [2.75, 3.05) is 18.0 Å². The van der Waals surface area contributed by atoms with E-state index in [0.717, 1.165) is 31.5 Å². The van der Waals surface area contributed by atoms with E-state index < -0.39 is 5.97 Å². The van der Waals surface area contributed by atoms with E-state index in [1.807, 2.05) is 6.92 Å². The number of hydrogen-bond acceptors (Lipinski definition) is 3. The van der Waals surface area contributed by atoms with Gasteiger partial charge in [0.25, 0.3) is 0 Å². The van der Waals surface area contributed by atoms with Crippen LogP contribution in [0.4, 0.5) is 5.82 Å². The van der Waals surface area contributed by atoms with Crippen LogP contribution in [0.15, 0.2) is 12.3 Å². The number of carboxylic acids is 1. The molecule has 1 aliphatic rings. The Labute approximate surface area is 108 Å². The standard InChI is InChI=1S/C14H20N2O2/c1-3-11-5-4-8-16(9-11)13-12(14(17)18)10(2)6-7-15-13/h6-7,11H,3-5,8-9H2,1-2H3,(H,17,18). The fourth-order valence-corrected chi connectivity index (χ4v) is 2.64. The summed E-state index contributed by atoms with van der Waals surface area (Å²) in [5, 5.41) is 9.33. The number of nitrogens with zero attached hydrogens (tertiary/aromatic N) is 2. The molecular formula is C14H20N2O2. The summed E-state index contributed by atoms with van der Waals surface area (Å²) in [6, 6.07) is 1.76. The molecule has 2 heterocycles. The predicted octanol–water partition coefficient (Wildman–Crippen LogP) is 2.71. The monoisotopic (exact) mass is 248 g/mol. The van der Waals surface area contributed by atoms with Crippen LogP contribution in [-0.4, -0.2) is 29.1 Å². The fraction of sp³-hybridized carbons (Fsp3) is 0.571. The van der Waals surface area contributed by atoms with Gasteiger partial charge in [-0.2, -0.15) is 0 Å². The first-order valence-corrected chi connectivity index (χ1v) is 6.57. The molecule has 1 aliphatic heterocycles. The van der Waals surface area contributed by atoms with Crippen molar-refractivity contribution in [2.24, 2.45) is 5.92 Å². The topological polar surface area (TPSA) is 53.4 Å². The number of anilines is 1. The van der Waals surface area contributed by atoms with Crippen LogP contribution < -0.4 is 4.90 Å². The summed E-state index contributed by atoms with van der Waals surface area (Å²) in [5.74, 6) is 0.414. The van der Waals surface area contributed by atoms with Crippen molar-refractivity contribution >= 4 is 11.8 Å². The fourth-order valence-electron chi connectivity index (χ4n) is 2.64. The van der Waals surface area contributed by atoms with E-state index in [0.29, 0.717) is 17.3 Å². The second-order valence-corrected chi connectivity index (χ2v) is 4.99. The maximum Gasteiger partial charge on any atom is 0.339 e. The summed E-state index contributed by atoms with van der Waals surface area (Å²) in [6.45, 7) is 5.85. The first-order chi connectivity index (χ1) is 8.63. The van der Waals surface area contributed by atoms with Crippen LogP contribution in [0.2, 0.25) is 0 Å². The first-order valence-electron chi connectivity index (χ1n) is 6.57. The zero-order valence-corrected chi connectivity index (χ0v) is 11.0. The highest BCUT2D eigenvalue weighted by Crippen LogP contribution is 2.27. The van der Waals surface area contributed by atoms with Gasteiger partial charge in [0, 0.05) is 19.3 Å². The van der Waals surface area contributed by atoms with E-state index in [9.17, 15) is 9.90 Å². The molecule has 1 aromatic rings. The maximum absolute atomic E-state index is 11.4. The van der Waals surface area contributed by atoms with Gasteiger partial charge in [0.1, 0.15) is 11.4 Å². The van der Waals surface area contributed by atoms with Gasteiger partial charge >= 0.3 is 5.97 Å². The number of hydrogen-bond donors (Lipinski definition) is 1. The number of carboxylic acid groups (broad SMARTS) is 1. The third-order valence-corrected chi connectivity index (χ3v) is 3.75. The number of aryl methyl sites for hydroxylation is 1. The van der Waals surface area contributed by atoms with Crippen molar-refractivity contribution in [3.63, 3.8) is 0 Å². The van der Waals surface area contributed by atoms with E-state index in [2.05, 4.69) is 16.8 Å². The minimum Gasteiger partial charge on any atom is -0.478 e. The number of aromatic carboxylic acids is 1. The Kier molecular flexibility index (Phi) is 3.84. The lowest BCUT2D eigenvalue weighted by molar-refractivity contribution is 0.0696. The van der Waals surface area contributed by atoms with Gasteiger partial charge < -0.3 is 10.0 Å². The first kappa shape index (κ1) is 12.9. The second kappa shape index (κ2) is 5.38. The molecule has 0 saturated carbocycles. The number of pyridine rings is 1. The van der Waals surface area contributed by atoms with Gasteiger partial charge in [0.05, 0.1) is 0 Å². The zero-order valence-electron chi connectivity index (χ0n) is 11.0. The Morgan fingerprint density at radius 3 is 3.06 bits per heavy atom. The number of rotatable bonds is 3. The van der Waals surface area contributed by atoms with Gasteiger partial charge in [-0.1, -0.05) is 13.3 Å². The minimum absolute atomic E-state index is 0.356. The van der Waals surface area contributed by atoms with E-state index in [-0.39, 0.29) is 0 Å². The van der Waals surface area contributed by atoms with Crippen LogP contribution in [0, 0.1) is 12.8 Å². The van der Waals surface area contributed by atoms with Crippen molar-refractivity contribution in [1.29, 1.82) is 0 Å². The second-order valence-electron chi connectivity index (χ2n) is 4.99. The molecule has 4 heteroatoms. The summed E-state index contributed by atoms with van der Waals surface area (Å²) in [5.41, 5.74) is 1.14. The molecule has 98 valence electrons. The largest absolute Gasteiger partial charge is 0.478 e. The average Bonchev–Trinajstić information content (AvgIpc) is 2.38. The lowest BCUT2D eigenvalue weighted by atomic mass is 9.95. The Hall–Kier alpha value is -1.58. The lowest BCUT2D eigenvalue weighted by Gasteiger charge is -2.34. The van der Waals surface area contributed by atoms with Crippen LogP contribution in [0.25, 0.3) is 0 Å². The molecule has 0 aromatic carbocycles. The molecule has 4 nitrogen and oxygen atoms in total. The van der Waals surface area contributed by atoms with E-state index >= 15 is 0 Å². The SMILES string of the molecule is CCC1CCCN(c2nccc(C)c2C(=O)O)C1. The molecule has 2 rings (SSSR count). The quantitative estimate of drug-likeness (QED) is 0.893. The van der Waals surface area contributed by atoms with Gasteiger partial charge in [-0.3, -0.25) is 0 Å². The lowest BCUT2D eigenvalue weighted by Crippen LogP contribution is -2.36. The van der Waals surface area contributed by atoms with E-state index in [4.69, 9.17) is 0 Å². The van der Waals surface area contributed by atoms with E-state index in [1.54, 1.807) is 12.3 Å². The summed E-state index contributed by atoms with van der Waals surface area (Å²) < 4.78 is 0. The zero-order chi connectivity index (χ0) is 13.1. The van der Waals surface area contributed by atoms with Crippen molar-refractivity contribution in [3.8, 4) is 0 Å². The van der Waals surface area contributed by atoms with Crippen molar-refractivity contribution in [3.05, 3.63) is 23.4 Å². The Bertz CT molecular complexity index is 445. The highest BCUT2D eigenvalue weighted by molar-refractivity contribution is 5.95. The van der Waals surface area contributed by atoms with Crippen LogP contribution in [-0.2, 0) is 0 Å². The van der Waals surface area contributed by atoms with Gasteiger partial charge in [0.15, 0.2) is 0 Å².